The number of carbonyl (C=O) groups excluding carboxylic acids is 1. The van der Waals surface area contributed by atoms with Crippen LogP contribution in [0.1, 0.15) is 32.1 Å². The van der Waals surface area contributed by atoms with Gasteiger partial charge in [0.15, 0.2) is 6.23 Å². The lowest BCUT2D eigenvalue weighted by atomic mass is 10.1. The van der Waals surface area contributed by atoms with Crippen molar-refractivity contribution in [1.29, 1.82) is 5.41 Å². The van der Waals surface area contributed by atoms with Crippen LogP contribution in [0.2, 0.25) is 0 Å². The van der Waals surface area contributed by atoms with Crippen molar-refractivity contribution in [3.05, 3.63) is 65.4 Å². The zero-order valence-electron chi connectivity index (χ0n) is 19.6. The second kappa shape index (κ2) is 10.5. The summed E-state index contributed by atoms with van der Waals surface area (Å²) in [6.45, 7) is 4.86. The van der Waals surface area contributed by atoms with Gasteiger partial charge in [-0.15, -0.1) is 0 Å². The Morgan fingerprint density at radius 2 is 1.70 bits per heavy atom. The number of hydrogen-bond donors (Lipinski definition) is 5. The largest absolute Gasteiger partial charge is 0.512 e. The molecule has 1 aliphatic heterocycles. The van der Waals surface area contributed by atoms with Crippen LogP contribution in [-0.2, 0) is 4.79 Å². The molecule has 3 rings (SSSR count). The molecule has 33 heavy (non-hydrogen) atoms. The molecule has 0 aliphatic carbocycles. The maximum atomic E-state index is 12.3. The number of aliphatic hydroxyl groups is 2. The highest BCUT2D eigenvalue weighted by Gasteiger charge is 2.24. The van der Waals surface area contributed by atoms with Crippen molar-refractivity contribution in [3.8, 4) is 0 Å². The Morgan fingerprint density at radius 3 is 2.21 bits per heavy atom. The van der Waals surface area contributed by atoms with Gasteiger partial charge in [0.05, 0.1) is 5.57 Å². The molecule has 8 heteroatoms. The zero-order valence-corrected chi connectivity index (χ0v) is 19.6. The van der Waals surface area contributed by atoms with E-state index in [0.29, 0.717) is 17.3 Å². The summed E-state index contributed by atoms with van der Waals surface area (Å²) in [6.07, 6.45) is 0.241. The summed E-state index contributed by atoms with van der Waals surface area (Å²) in [4.78, 5) is 16.9. The molecule has 0 bridgehead atoms. The molecule has 0 aromatic heterocycles. The van der Waals surface area contributed by atoms with Crippen LogP contribution in [0.5, 0.6) is 0 Å². The Kier molecular flexibility index (Phi) is 7.73. The van der Waals surface area contributed by atoms with Crippen LogP contribution in [0.15, 0.2) is 59.9 Å². The first-order chi connectivity index (χ1) is 15.7. The van der Waals surface area contributed by atoms with E-state index in [1.165, 1.54) is 19.5 Å². The summed E-state index contributed by atoms with van der Waals surface area (Å²) in [5, 5.41) is 33.6. The first kappa shape index (κ1) is 24.3. The van der Waals surface area contributed by atoms with Gasteiger partial charge < -0.3 is 36.1 Å². The number of allylic oxidation sites excluding steroid dienone is 1. The van der Waals surface area contributed by atoms with Crippen LogP contribution in [0.4, 0.5) is 17.1 Å². The number of rotatable bonds is 8. The van der Waals surface area contributed by atoms with Gasteiger partial charge in [0, 0.05) is 47.5 Å². The average Bonchev–Trinajstić information content (AvgIpc) is 3.25. The summed E-state index contributed by atoms with van der Waals surface area (Å²) < 4.78 is 0. The van der Waals surface area contributed by atoms with Crippen molar-refractivity contribution in [2.45, 2.75) is 32.5 Å². The smallest absolute Gasteiger partial charge is 0.260 e. The SMILES string of the molecule is CC(=N)/C(C(=O)Nc1ccc(C(O)Nc2ccc(N3CCC(N(C)C)C3)cc2)cc1)=C(/C)O. The molecule has 2 unspecified atom stereocenters. The van der Waals surface area contributed by atoms with Gasteiger partial charge >= 0.3 is 0 Å². The molecule has 2 aromatic rings. The van der Waals surface area contributed by atoms with Crippen LogP contribution >= 0.6 is 0 Å². The van der Waals surface area contributed by atoms with Gasteiger partial charge in [0.1, 0.15) is 5.76 Å². The molecule has 1 fully saturated rings. The maximum absolute atomic E-state index is 12.3. The monoisotopic (exact) mass is 451 g/mol. The van der Waals surface area contributed by atoms with Crippen LogP contribution in [-0.4, -0.2) is 60.0 Å². The lowest BCUT2D eigenvalue weighted by molar-refractivity contribution is -0.112. The van der Waals surface area contributed by atoms with E-state index in [1.807, 2.05) is 12.1 Å². The number of aliphatic hydroxyl groups excluding tert-OH is 2. The summed E-state index contributed by atoms with van der Waals surface area (Å²) in [5.41, 5.74) is 3.05. The Morgan fingerprint density at radius 1 is 1.09 bits per heavy atom. The van der Waals surface area contributed by atoms with Crippen molar-refractivity contribution in [2.24, 2.45) is 0 Å². The fourth-order valence-corrected chi connectivity index (χ4v) is 3.96. The fraction of sp³-hybridized carbons (Fsp3) is 0.360. The number of carbonyl (C=O) groups is 1. The second-order valence-electron chi connectivity index (χ2n) is 8.61. The topological polar surface area (TPSA) is 112 Å². The quantitative estimate of drug-likeness (QED) is 0.181. The Labute approximate surface area is 195 Å². The Hall–Kier alpha value is -3.36. The van der Waals surface area contributed by atoms with E-state index in [2.05, 4.69) is 46.7 Å². The van der Waals surface area contributed by atoms with E-state index in [9.17, 15) is 15.0 Å². The molecule has 2 aromatic carbocycles. The first-order valence-corrected chi connectivity index (χ1v) is 11.0. The predicted molar refractivity (Wildman–Crippen MR) is 133 cm³/mol. The number of likely N-dealkylation sites (N-methyl/N-ethyl adjacent to an activating group) is 1. The van der Waals surface area contributed by atoms with E-state index in [1.54, 1.807) is 24.3 Å². The predicted octanol–water partition coefficient (Wildman–Crippen LogP) is 3.74. The number of nitrogens with one attached hydrogen (secondary N) is 3. The average molecular weight is 452 g/mol. The highest BCUT2D eigenvalue weighted by molar-refractivity contribution is 6.23. The molecule has 1 amide bonds. The van der Waals surface area contributed by atoms with Gasteiger partial charge in [-0.2, -0.15) is 0 Å². The molecule has 5 N–H and O–H groups in total. The lowest BCUT2D eigenvalue weighted by Gasteiger charge is -2.22. The minimum atomic E-state index is -0.913. The third-order valence-electron chi connectivity index (χ3n) is 5.88. The Bertz CT molecular complexity index is 1010. The number of amides is 1. The first-order valence-electron chi connectivity index (χ1n) is 11.0. The normalized spacial score (nSPS) is 17.5. The van der Waals surface area contributed by atoms with Gasteiger partial charge in [-0.3, -0.25) is 4.79 Å². The van der Waals surface area contributed by atoms with Gasteiger partial charge in [-0.05, 0) is 70.8 Å². The van der Waals surface area contributed by atoms with Crippen molar-refractivity contribution >= 4 is 28.7 Å². The highest BCUT2D eigenvalue weighted by atomic mass is 16.3. The van der Waals surface area contributed by atoms with E-state index in [-0.39, 0.29) is 17.0 Å². The molecule has 0 radical (unpaired) electrons. The highest BCUT2D eigenvalue weighted by Crippen LogP contribution is 2.25. The molecule has 1 heterocycles. The number of hydrogen-bond acceptors (Lipinski definition) is 7. The number of benzene rings is 2. The van der Waals surface area contributed by atoms with E-state index >= 15 is 0 Å². The molecule has 8 nitrogen and oxygen atoms in total. The zero-order chi connectivity index (χ0) is 24.1. The maximum Gasteiger partial charge on any atom is 0.260 e. The second-order valence-corrected chi connectivity index (χ2v) is 8.61. The molecule has 0 spiro atoms. The van der Waals surface area contributed by atoms with Crippen LogP contribution < -0.4 is 15.5 Å². The molecule has 0 saturated carbocycles. The van der Waals surface area contributed by atoms with Crippen LogP contribution in [0.25, 0.3) is 0 Å². The number of nitrogens with zero attached hydrogens (tertiary/aromatic N) is 2. The van der Waals surface area contributed by atoms with E-state index in [4.69, 9.17) is 5.41 Å². The van der Waals surface area contributed by atoms with Gasteiger partial charge in [0.25, 0.3) is 5.91 Å². The minimum Gasteiger partial charge on any atom is -0.512 e. The summed E-state index contributed by atoms with van der Waals surface area (Å²) in [7, 11) is 4.23. The van der Waals surface area contributed by atoms with Crippen molar-refractivity contribution in [1.82, 2.24) is 4.90 Å². The third kappa shape index (κ3) is 6.12. The van der Waals surface area contributed by atoms with Crippen molar-refractivity contribution in [2.75, 3.05) is 42.7 Å². The summed E-state index contributed by atoms with van der Waals surface area (Å²) >= 11 is 0. The lowest BCUT2D eigenvalue weighted by Crippen LogP contribution is -2.31. The van der Waals surface area contributed by atoms with Crippen molar-refractivity contribution < 1.29 is 15.0 Å². The Balaban J connectivity index is 1.58. The number of anilines is 3. The van der Waals surface area contributed by atoms with Crippen LogP contribution in [0.3, 0.4) is 0 Å². The summed E-state index contributed by atoms with van der Waals surface area (Å²) in [6, 6.07) is 15.4. The standard InChI is InChI=1S/C25H33N5O3/c1-16(26)23(17(2)31)25(33)28-19-7-5-18(6-8-19)24(32)27-20-9-11-21(12-10-20)30-14-13-22(15-30)29(3)4/h5-12,22,24,26-27,31-32H,13-15H2,1-4H3,(H,28,33)/b23-17+,26-16?. The molecule has 1 saturated heterocycles. The van der Waals surface area contributed by atoms with Gasteiger partial charge in [-0.25, -0.2) is 0 Å². The van der Waals surface area contributed by atoms with Crippen molar-refractivity contribution in [3.63, 3.8) is 0 Å². The fourth-order valence-electron chi connectivity index (χ4n) is 3.96. The van der Waals surface area contributed by atoms with E-state index in [0.717, 1.165) is 25.2 Å². The third-order valence-corrected chi connectivity index (χ3v) is 5.88. The molecule has 176 valence electrons. The van der Waals surface area contributed by atoms with Gasteiger partial charge in [-0.1, -0.05) is 12.1 Å². The van der Waals surface area contributed by atoms with Gasteiger partial charge in [0.2, 0.25) is 0 Å². The van der Waals surface area contributed by atoms with E-state index < -0.39 is 12.1 Å². The van der Waals surface area contributed by atoms with Crippen LogP contribution in [0, 0.1) is 5.41 Å². The molecular formula is C25H33N5O3. The molecular weight excluding hydrogens is 418 g/mol. The summed E-state index contributed by atoms with van der Waals surface area (Å²) in [5.74, 6) is -0.756. The minimum absolute atomic E-state index is 0.0167. The molecule has 1 aliphatic rings. The molecule has 2 atom stereocenters.